The fourth-order valence-corrected chi connectivity index (χ4v) is 5.27. The predicted octanol–water partition coefficient (Wildman–Crippen LogP) is 5.55. The normalized spacial score (nSPS) is 14.2. The zero-order valence-corrected chi connectivity index (χ0v) is 14.2. The Kier molecular flexibility index (Phi) is 6.13. The molecule has 21 heavy (non-hydrogen) atoms. The molecule has 2 N–H and O–H groups in total. The molecular weight excluding hydrogens is 319 g/mol. The first-order chi connectivity index (χ1) is 9.69. The van der Waals surface area contributed by atoms with E-state index in [1.807, 2.05) is 20.8 Å². The summed E-state index contributed by atoms with van der Waals surface area (Å²) in [5, 5.41) is 0.216. The fourth-order valence-electron chi connectivity index (χ4n) is 2.33. The summed E-state index contributed by atoms with van der Waals surface area (Å²) in [5.74, 6) is 0. The second-order valence-electron chi connectivity index (χ2n) is 5.06. The number of alkyl halides is 3. The summed E-state index contributed by atoms with van der Waals surface area (Å²) < 4.78 is 46.0. The van der Waals surface area contributed by atoms with Gasteiger partial charge < -0.3 is 10.2 Å². The van der Waals surface area contributed by atoms with Crippen molar-refractivity contribution in [1.29, 1.82) is 0 Å². The summed E-state index contributed by atoms with van der Waals surface area (Å²) in [5.41, 5.74) is 5.66. The van der Waals surface area contributed by atoms with Crippen LogP contribution in [0.3, 0.4) is 0 Å². The molecule has 2 nitrogen and oxygen atoms in total. The third-order valence-corrected chi connectivity index (χ3v) is 8.77. The SMILES string of the molecule is CC[Si](CC)(CC)OC(c1cc(Cl)ccc1N)C(F)(F)F. The highest BCUT2D eigenvalue weighted by Gasteiger charge is 2.47. The van der Waals surface area contributed by atoms with Crippen LogP contribution in [-0.2, 0) is 4.43 Å². The van der Waals surface area contributed by atoms with Crippen LogP contribution < -0.4 is 5.73 Å². The molecule has 1 unspecified atom stereocenters. The van der Waals surface area contributed by atoms with Gasteiger partial charge in [0.05, 0.1) is 0 Å². The quantitative estimate of drug-likeness (QED) is 0.545. The Bertz CT molecular complexity index is 470. The Labute approximate surface area is 129 Å². The van der Waals surface area contributed by atoms with Crippen molar-refractivity contribution in [3.8, 4) is 0 Å². The maximum Gasteiger partial charge on any atom is 0.417 e. The summed E-state index contributed by atoms with van der Waals surface area (Å²) in [6.07, 6.45) is -6.53. The topological polar surface area (TPSA) is 35.2 Å². The van der Waals surface area contributed by atoms with Crippen molar-refractivity contribution >= 4 is 25.6 Å². The average molecular weight is 340 g/mol. The Morgan fingerprint density at radius 1 is 1.19 bits per heavy atom. The lowest BCUT2D eigenvalue weighted by Crippen LogP contribution is -2.41. The maximum atomic E-state index is 13.5. The van der Waals surface area contributed by atoms with Gasteiger partial charge in [-0.3, -0.25) is 0 Å². The Hall–Kier alpha value is -0.723. The van der Waals surface area contributed by atoms with E-state index in [2.05, 4.69) is 0 Å². The molecule has 0 aliphatic rings. The summed E-state index contributed by atoms with van der Waals surface area (Å²) >= 11 is 5.82. The summed E-state index contributed by atoms with van der Waals surface area (Å²) in [7, 11) is -2.43. The molecule has 0 bridgehead atoms. The van der Waals surface area contributed by atoms with Gasteiger partial charge >= 0.3 is 6.18 Å². The first kappa shape index (κ1) is 18.3. The van der Waals surface area contributed by atoms with Crippen molar-refractivity contribution in [2.24, 2.45) is 0 Å². The number of anilines is 1. The minimum absolute atomic E-state index is 0.0490. The average Bonchev–Trinajstić information content (AvgIpc) is 2.43. The molecule has 0 aromatic heterocycles. The van der Waals surface area contributed by atoms with E-state index < -0.39 is 20.6 Å². The van der Waals surface area contributed by atoms with Crippen LogP contribution in [0, 0.1) is 0 Å². The van der Waals surface area contributed by atoms with Crippen molar-refractivity contribution < 1.29 is 17.6 Å². The second kappa shape index (κ2) is 7.02. The van der Waals surface area contributed by atoms with Gasteiger partial charge in [-0.2, -0.15) is 13.2 Å². The maximum absolute atomic E-state index is 13.5. The van der Waals surface area contributed by atoms with Crippen LogP contribution in [0.5, 0.6) is 0 Å². The highest BCUT2D eigenvalue weighted by molar-refractivity contribution is 6.73. The Morgan fingerprint density at radius 3 is 2.14 bits per heavy atom. The van der Waals surface area contributed by atoms with Gasteiger partial charge in [0.25, 0.3) is 0 Å². The van der Waals surface area contributed by atoms with Crippen molar-refractivity contribution in [2.45, 2.75) is 51.2 Å². The fraction of sp³-hybridized carbons (Fsp3) is 0.571. The largest absolute Gasteiger partial charge is 0.417 e. The molecule has 0 amide bonds. The van der Waals surface area contributed by atoms with Crippen LogP contribution >= 0.6 is 11.6 Å². The molecular formula is C14H21ClF3NOSi. The second-order valence-corrected chi connectivity index (χ2v) is 10.2. The molecule has 1 aromatic rings. The van der Waals surface area contributed by atoms with Crippen LogP contribution in [-0.4, -0.2) is 14.5 Å². The highest BCUT2D eigenvalue weighted by Crippen LogP contribution is 2.42. The first-order valence-corrected chi connectivity index (χ1v) is 9.89. The van der Waals surface area contributed by atoms with Crippen molar-refractivity contribution in [1.82, 2.24) is 0 Å². The molecule has 0 aliphatic heterocycles. The molecule has 1 rings (SSSR count). The minimum Gasteiger partial charge on any atom is -0.402 e. The molecule has 0 fully saturated rings. The monoisotopic (exact) mass is 339 g/mol. The van der Waals surface area contributed by atoms with Crippen molar-refractivity contribution in [3.05, 3.63) is 28.8 Å². The van der Waals surface area contributed by atoms with E-state index in [0.717, 1.165) is 0 Å². The Morgan fingerprint density at radius 2 is 1.71 bits per heavy atom. The lowest BCUT2D eigenvalue weighted by molar-refractivity contribution is -0.201. The van der Waals surface area contributed by atoms with Crippen LogP contribution in [0.1, 0.15) is 32.4 Å². The molecule has 0 aliphatic carbocycles. The number of hydrogen-bond acceptors (Lipinski definition) is 2. The number of benzene rings is 1. The van der Waals surface area contributed by atoms with E-state index >= 15 is 0 Å². The smallest absolute Gasteiger partial charge is 0.402 e. The Balaban J connectivity index is 3.28. The van der Waals surface area contributed by atoms with Gasteiger partial charge in [0.2, 0.25) is 0 Å². The molecule has 0 spiro atoms. The number of nitrogen functional groups attached to an aromatic ring is 1. The van der Waals surface area contributed by atoms with Gasteiger partial charge in [-0.25, -0.2) is 0 Å². The van der Waals surface area contributed by atoms with Gasteiger partial charge in [-0.05, 0) is 36.3 Å². The molecule has 1 aromatic carbocycles. The molecule has 0 radical (unpaired) electrons. The minimum atomic E-state index is -4.52. The lowest BCUT2D eigenvalue weighted by atomic mass is 10.1. The van der Waals surface area contributed by atoms with Crippen LogP contribution in [0.4, 0.5) is 18.9 Å². The molecule has 0 saturated carbocycles. The summed E-state index contributed by atoms with van der Waals surface area (Å²) in [4.78, 5) is 0. The van der Waals surface area contributed by atoms with E-state index in [9.17, 15) is 13.2 Å². The first-order valence-electron chi connectivity index (χ1n) is 6.98. The van der Waals surface area contributed by atoms with Crippen molar-refractivity contribution in [2.75, 3.05) is 5.73 Å². The summed E-state index contributed by atoms with van der Waals surface area (Å²) in [6.45, 7) is 5.65. The third-order valence-electron chi connectivity index (χ3n) is 3.93. The zero-order valence-electron chi connectivity index (χ0n) is 12.4. The van der Waals surface area contributed by atoms with Crippen LogP contribution in [0.2, 0.25) is 23.2 Å². The van der Waals surface area contributed by atoms with Gasteiger partial charge in [0.1, 0.15) is 0 Å². The van der Waals surface area contributed by atoms with E-state index in [-0.39, 0.29) is 16.3 Å². The number of hydrogen-bond donors (Lipinski definition) is 1. The van der Waals surface area contributed by atoms with E-state index in [4.69, 9.17) is 21.8 Å². The molecule has 7 heteroatoms. The van der Waals surface area contributed by atoms with Crippen LogP contribution in [0.15, 0.2) is 18.2 Å². The molecule has 0 heterocycles. The highest BCUT2D eigenvalue weighted by atomic mass is 35.5. The number of nitrogens with two attached hydrogens (primary N) is 1. The summed E-state index contributed by atoms with van der Waals surface area (Å²) in [6, 6.07) is 5.99. The van der Waals surface area contributed by atoms with Gasteiger partial charge in [0, 0.05) is 16.3 Å². The van der Waals surface area contributed by atoms with Gasteiger partial charge in [-0.15, -0.1) is 0 Å². The van der Waals surface area contributed by atoms with Crippen LogP contribution in [0.25, 0.3) is 0 Å². The standard InChI is InChI=1S/C14H21ClF3NOSi/c1-4-21(5-2,6-3)20-13(14(16,17)18)11-9-10(15)7-8-12(11)19/h7-9,13H,4-6,19H2,1-3H3. The van der Waals surface area contributed by atoms with E-state index in [1.54, 1.807) is 0 Å². The zero-order chi connectivity index (χ0) is 16.3. The van der Waals surface area contributed by atoms with Gasteiger partial charge in [0.15, 0.2) is 14.4 Å². The van der Waals surface area contributed by atoms with Crippen molar-refractivity contribution in [3.63, 3.8) is 0 Å². The third kappa shape index (κ3) is 4.37. The molecule has 120 valence electrons. The molecule has 1 atom stereocenters. The molecule has 0 saturated heterocycles. The van der Waals surface area contributed by atoms with E-state index in [0.29, 0.717) is 18.1 Å². The van der Waals surface area contributed by atoms with Gasteiger partial charge in [-0.1, -0.05) is 32.4 Å². The number of halogens is 4. The van der Waals surface area contributed by atoms with E-state index in [1.165, 1.54) is 18.2 Å². The predicted molar refractivity (Wildman–Crippen MR) is 82.9 cm³/mol. The number of rotatable bonds is 6. The lowest BCUT2D eigenvalue weighted by Gasteiger charge is -2.34.